The van der Waals surface area contributed by atoms with Gasteiger partial charge in [0.25, 0.3) is 5.91 Å². The number of hydrogen-bond donors (Lipinski definition) is 2. The average molecular weight is 374 g/mol. The van der Waals surface area contributed by atoms with Gasteiger partial charge in [-0.25, -0.2) is 17.7 Å². The van der Waals surface area contributed by atoms with Gasteiger partial charge in [-0.1, -0.05) is 0 Å². The Morgan fingerprint density at radius 1 is 1.23 bits per heavy atom. The number of hydrogen-bond acceptors (Lipinski definition) is 5. The molecule has 0 bridgehead atoms. The lowest BCUT2D eigenvalue weighted by Crippen LogP contribution is -2.24. The van der Waals surface area contributed by atoms with Crippen molar-refractivity contribution in [2.45, 2.75) is 11.4 Å². The van der Waals surface area contributed by atoms with Crippen molar-refractivity contribution in [3.63, 3.8) is 0 Å². The monoisotopic (exact) mass is 374 g/mol. The van der Waals surface area contributed by atoms with Crippen molar-refractivity contribution in [3.8, 4) is 5.75 Å². The van der Waals surface area contributed by atoms with E-state index in [1.807, 2.05) is 0 Å². The molecule has 8 nitrogen and oxygen atoms in total. The van der Waals surface area contributed by atoms with Gasteiger partial charge >= 0.3 is 0 Å². The van der Waals surface area contributed by atoms with Crippen LogP contribution in [0.15, 0.2) is 53.7 Å². The van der Waals surface area contributed by atoms with E-state index in [1.165, 1.54) is 44.4 Å². The summed E-state index contributed by atoms with van der Waals surface area (Å²) in [5.41, 5.74) is 1.34. The zero-order chi connectivity index (χ0) is 18.9. The molecule has 3 rings (SSSR count). The van der Waals surface area contributed by atoms with Crippen LogP contribution in [0.4, 0.5) is 0 Å². The Hall–Kier alpha value is -2.91. The third-order valence-corrected chi connectivity index (χ3v) is 5.67. The van der Waals surface area contributed by atoms with Gasteiger partial charge in [0.1, 0.15) is 0 Å². The van der Waals surface area contributed by atoms with Gasteiger partial charge in [-0.2, -0.15) is 0 Å². The predicted octanol–water partition coefficient (Wildman–Crippen LogP) is 1.22. The van der Waals surface area contributed by atoms with Crippen LogP contribution in [0.3, 0.4) is 0 Å². The van der Waals surface area contributed by atoms with E-state index >= 15 is 0 Å². The van der Waals surface area contributed by atoms with E-state index in [0.717, 1.165) is 4.31 Å². The van der Waals surface area contributed by atoms with Crippen molar-refractivity contribution in [1.82, 2.24) is 19.0 Å². The van der Waals surface area contributed by atoms with Crippen molar-refractivity contribution < 1.29 is 18.3 Å². The molecule has 2 heterocycles. The van der Waals surface area contributed by atoms with Crippen LogP contribution in [0.2, 0.25) is 0 Å². The Kier molecular flexibility index (Phi) is 4.66. The highest BCUT2D eigenvalue weighted by molar-refractivity contribution is 7.89. The van der Waals surface area contributed by atoms with E-state index in [1.54, 1.807) is 22.9 Å². The average Bonchev–Trinajstić information content (AvgIpc) is 3.04. The largest absolute Gasteiger partial charge is 0.504 e. The minimum absolute atomic E-state index is 0.0581. The number of fused-ring (bicyclic) bond motifs is 1. The van der Waals surface area contributed by atoms with Crippen LogP contribution in [0.25, 0.3) is 5.65 Å². The second kappa shape index (κ2) is 6.77. The normalized spacial score (nSPS) is 11.8. The zero-order valence-electron chi connectivity index (χ0n) is 14.2. The van der Waals surface area contributed by atoms with Gasteiger partial charge in [-0.15, -0.1) is 0 Å². The first-order valence-corrected chi connectivity index (χ1v) is 9.19. The van der Waals surface area contributed by atoms with Crippen molar-refractivity contribution in [2.24, 2.45) is 0 Å². The fourth-order valence-corrected chi connectivity index (χ4v) is 3.30. The maximum atomic E-state index is 12.2. The molecule has 0 atom stereocenters. The van der Waals surface area contributed by atoms with Gasteiger partial charge in [0.2, 0.25) is 10.0 Å². The molecule has 3 aromatic rings. The third-order valence-electron chi connectivity index (χ3n) is 3.84. The van der Waals surface area contributed by atoms with Gasteiger partial charge in [0.05, 0.1) is 17.1 Å². The summed E-state index contributed by atoms with van der Waals surface area (Å²) >= 11 is 0. The second-order valence-corrected chi connectivity index (χ2v) is 8.00. The molecular weight excluding hydrogens is 356 g/mol. The molecule has 9 heteroatoms. The van der Waals surface area contributed by atoms with Crippen molar-refractivity contribution >= 4 is 21.6 Å². The van der Waals surface area contributed by atoms with Gasteiger partial charge in [0.15, 0.2) is 11.4 Å². The van der Waals surface area contributed by atoms with Gasteiger partial charge in [-0.3, -0.25) is 4.79 Å². The fourth-order valence-electron chi connectivity index (χ4n) is 2.40. The Morgan fingerprint density at radius 2 is 1.92 bits per heavy atom. The molecule has 1 aromatic carbocycles. The summed E-state index contributed by atoms with van der Waals surface area (Å²) < 4.78 is 26.8. The maximum absolute atomic E-state index is 12.2. The van der Waals surface area contributed by atoms with Crippen LogP contribution >= 0.6 is 0 Å². The molecule has 0 radical (unpaired) electrons. The molecule has 136 valence electrons. The van der Waals surface area contributed by atoms with Crippen LogP contribution in [0.1, 0.15) is 16.1 Å². The molecule has 0 aliphatic carbocycles. The van der Waals surface area contributed by atoms with Crippen molar-refractivity contribution in [2.75, 3.05) is 14.1 Å². The van der Waals surface area contributed by atoms with Crippen LogP contribution in [-0.4, -0.2) is 47.2 Å². The standard InChI is InChI=1S/C17H18N4O4S/c1-20(2)26(24,25)14-7-5-12(6-8-14)17(23)18-10-13-11-21-9-3-4-15(22)16(21)19-13/h3-9,11,22H,10H2,1-2H3,(H,18,23). The number of carbonyl (C=O) groups excluding carboxylic acids is 1. The molecule has 0 aliphatic rings. The summed E-state index contributed by atoms with van der Waals surface area (Å²) in [6.45, 7) is 0.178. The van der Waals surface area contributed by atoms with E-state index in [9.17, 15) is 18.3 Å². The zero-order valence-corrected chi connectivity index (χ0v) is 15.1. The molecule has 2 aromatic heterocycles. The van der Waals surface area contributed by atoms with Gasteiger partial charge in [-0.05, 0) is 36.4 Å². The number of benzene rings is 1. The minimum Gasteiger partial charge on any atom is -0.504 e. The number of amides is 1. The van der Waals surface area contributed by atoms with E-state index in [2.05, 4.69) is 10.3 Å². The van der Waals surface area contributed by atoms with Crippen LogP contribution in [0, 0.1) is 0 Å². The molecule has 0 aliphatic heterocycles. The summed E-state index contributed by atoms with van der Waals surface area (Å²) in [6, 6.07) is 8.94. The number of sulfonamides is 1. The number of nitrogens with one attached hydrogen (secondary N) is 1. The molecule has 0 unspecified atom stereocenters. The Balaban J connectivity index is 1.71. The van der Waals surface area contributed by atoms with E-state index in [4.69, 9.17) is 0 Å². The first-order chi connectivity index (χ1) is 12.3. The molecule has 0 spiro atoms. The Labute approximate surface area is 150 Å². The summed E-state index contributed by atoms with van der Waals surface area (Å²) in [7, 11) is -0.634. The molecule has 0 saturated carbocycles. The summed E-state index contributed by atoms with van der Waals surface area (Å²) in [5.74, 6) is -0.289. The summed E-state index contributed by atoms with van der Waals surface area (Å²) in [4.78, 5) is 16.6. The molecule has 2 N–H and O–H groups in total. The lowest BCUT2D eigenvalue weighted by atomic mass is 10.2. The highest BCUT2D eigenvalue weighted by atomic mass is 32.2. The summed E-state index contributed by atoms with van der Waals surface area (Å²) in [5, 5.41) is 12.5. The highest BCUT2D eigenvalue weighted by Gasteiger charge is 2.17. The third kappa shape index (κ3) is 3.39. The smallest absolute Gasteiger partial charge is 0.251 e. The van der Waals surface area contributed by atoms with Crippen molar-refractivity contribution in [1.29, 1.82) is 0 Å². The molecule has 1 amide bonds. The number of rotatable bonds is 5. The van der Waals surface area contributed by atoms with E-state index in [0.29, 0.717) is 16.9 Å². The molecule has 26 heavy (non-hydrogen) atoms. The number of aromatic nitrogens is 2. The number of carbonyl (C=O) groups is 1. The van der Waals surface area contributed by atoms with Crippen LogP contribution in [-0.2, 0) is 16.6 Å². The van der Waals surface area contributed by atoms with Gasteiger partial charge < -0.3 is 14.8 Å². The first kappa shape index (κ1) is 17.9. The quantitative estimate of drug-likeness (QED) is 0.699. The van der Waals surface area contributed by atoms with E-state index < -0.39 is 10.0 Å². The molecule has 0 fully saturated rings. The molecule has 0 saturated heterocycles. The van der Waals surface area contributed by atoms with Gasteiger partial charge in [0, 0.05) is 32.1 Å². The fraction of sp³-hybridized carbons (Fsp3) is 0.176. The second-order valence-electron chi connectivity index (χ2n) is 5.85. The number of pyridine rings is 1. The Bertz CT molecular complexity index is 1060. The lowest BCUT2D eigenvalue weighted by Gasteiger charge is -2.11. The minimum atomic E-state index is -3.53. The van der Waals surface area contributed by atoms with Crippen LogP contribution in [0.5, 0.6) is 5.75 Å². The predicted molar refractivity (Wildman–Crippen MR) is 95.3 cm³/mol. The number of nitrogens with zero attached hydrogens (tertiary/aromatic N) is 3. The highest BCUT2D eigenvalue weighted by Crippen LogP contribution is 2.17. The summed E-state index contributed by atoms with van der Waals surface area (Å²) in [6.07, 6.45) is 3.46. The maximum Gasteiger partial charge on any atom is 0.251 e. The number of aromatic hydroxyl groups is 1. The van der Waals surface area contributed by atoms with Crippen LogP contribution < -0.4 is 5.32 Å². The Morgan fingerprint density at radius 3 is 2.54 bits per heavy atom. The van der Waals surface area contributed by atoms with Crippen molar-refractivity contribution in [3.05, 3.63) is 60.0 Å². The van der Waals surface area contributed by atoms with E-state index in [-0.39, 0.29) is 23.1 Å². The number of imidazole rings is 1. The lowest BCUT2D eigenvalue weighted by molar-refractivity contribution is 0.0950. The SMILES string of the molecule is CN(C)S(=O)(=O)c1ccc(C(=O)NCc2cn3cccc(O)c3n2)cc1. The topological polar surface area (TPSA) is 104 Å². The molecular formula is C17H18N4O4S. The first-order valence-electron chi connectivity index (χ1n) is 7.75.